The summed E-state index contributed by atoms with van der Waals surface area (Å²) in [4.78, 5) is 11.8. The van der Waals surface area contributed by atoms with Gasteiger partial charge in [-0.1, -0.05) is 48.5 Å². The molecule has 26 heavy (non-hydrogen) atoms. The van der Waals surface area contributed by atoms with Crippen LogP contribution in [0.15, 0.2) is 60.3 Å². The van der Waals surface area contributed by atoms with E-state index in [0.29, 0.717) is 11.1 Å². The van der Waals surface area contributed by atoms with Crippen LogP contribution in [0, 0.1) is 0 Å². The molecule has 0 bridgehead atoms. The Morgan fingerprint density at radius 2 is 1.73 bits per heavy atom. The SMILES string of the molecule is O=C(CCl)NC1=C(c2ccccc2)c2ccccc2OC1(O)C(F)(F)F. The number of fused-ring (bicyclic) bond motifs is 1. The van der Waals surface area contributed by atoms with Gasteiger partial charge in [0, 0.05) is 11.1 Å². The topological polar surface area (TPSA) is 58.6 Å². The van der Waals surface area contributed by atoms with E-state index in [-0.39, 0.29) is 11.3 Å². The van der Waals surface area contributed by atoms with Gasteiger partial charge in [-0.25, -0.2) is 0 Å². The predicted octanol–water partition coefficient (Wildman–Crippen LogP) is 3.44. The molecule has 0 aromatic heterocycles. The molecule has 1 amide bonds. The first-order valence-corrected chi connectivity index (χ1v) is 8.05. The van der Waals surface area contributed by atoms with Gasteiger partial charge in [-0.05, 0) is 11.6 Å². The van der Waals surface area contributed by atoms with E-state index in [1.807, 2.05) is 0 Å². The summed E-state index contributed by atoms with van der Waals surface area (Å²) in [5.74, 6) is -5.37. The molecule has 2 N–H and O–H groups in total. The highest BCUT2D eigenvalue weighted by atomic mass is 35.5. The molecule has 0 aliphatic carbocycles. The number of halogens is 4. The van der Waals surface area contributed by atoms with Gasteiger partial charge in [0.15, 0.2) is 0 Å². The maximum atomic E-state index is 13.7. The third-order valence-corrected chi connectivity index (χ3v) is 4.08. The molecule has 0 saturated heterocycles. The van der Waals surface area contributed by atoms with Gasteiger partial charge in [0.05, 0.1) is 0 Å². The number of benzene rings is 2. The number of alkyl halides is 4. The lowest BCUT2D eigenvalue weighted by atomic mass is 9.89. The van der Waals surface area contributed by atoms with E-state index < -0.39 is 29.4 Å². The number of carbonyl (C=O) groups excluding carboxylic acids is 1. The minimum Gasteiger partial charge on any atom is -0.448 e. The van der Waals surface area contributed by atoms with Crippen LogP contribution in [0.1, 0.15) is 11.1 Å². The minimum atomic E-state index is -5.21. The largest absolute Gasteiger partial charge is 0.462 e. The predicted molar refractivity (Wildman–Crippen MR) is 89.4 cm³/mol. The molecule has 2 aromatic rings. The number of carbonyl (C=O) groups is 1. The van der Waals surface area contributed by atoms with Crippen LogP contribution in [0.5, 0.6) is 5.75 Å². The molecule has 1 atom stereocenters. The Hall–Kier alpha value is -2.51. The monoisotopic (exact) mass is 383 g/mol. The lowest BCUT2D eigenvalue weighted by Crippen LogP contribution is -2.57. The summed E-state index contributed by atoms with van der Waals surface area (Å²) < 4.78 is 46.1. The maximum Gasteiger partial charge on any atom is 0.462 e. The Bertz CT molecular complexity index is 867. The molecule has 136 valence electrons. The maximum absolute atomic E-state index is 13.7. The van der Waals surface area contributed by atoms with Crippen molar-refractivity contribution < 1.29 is 27.8 Å². The number of para-hydroxylation sites is 1. The average Bonchev–Trinajstić information content (AvgIpc) is 2.62. The number of hydrogen-bond donors (Lipinski definition) is 2. The second-order valence-corrected chi connectivity index (χ2v) is 5.81. The first-order chi connectivity index (χ1) is 12.3. The van der Waals surface area contributed by atoms with Crippen molar-refractivity contribution in [2.45, 2.75) is 12.0 Å². The lowest BCUT2D eigenvalue weighted by molar-refractivity contribution is -0.318. The molecule has 1 unspecified atom stereocenters. The zero-order valence-electron chi connectivity index (χ0n) is 13.2. The highest BCUT2D eigenvalue weighted by Crippen LogP contribution is 2.47. The van der Waals surface area contributed by atoms with E-state index in [0.717, 1.165) is 0 Å². The van der Waals surface area contributed by atoms with Crippen LogP contribution in [0.4, 0.5) is 13.2 Å². The standard InChI is InChI=1S/C18H13ClF3NO3/c19-10-14(24)23-16-15(11-6-2-1-3-7-11)12-8-4-5-9-13(12)26-17(16,25)18(20,21)22/h1-9,25H,10H2,(H,23,24). The van der Waals surface area contributed by atoms with Gasteiger partial charge >= 0.3 is 12.0 Å². The van der Waals surface area contributed by atoms with Gasteiger partial charge in [0.25, 0.3) is 0 Å². The van der Waals surface area contributed by atoms with Gasteiger partial charge in [0.2, 0.25) is 5.91 Å². The third-order valence-electron chi connectivity index (χ3n) is 3.84. The molecular weight excluding hydrogens is 371 g/mol. The number of aliphatic hydroxyl groups is 1. The number of rotatable bonds is 3. The van der Waals surface area contributed by atoms with Crippen LogP contribution >= 0.6 is 11.6 Å². The third kappa shape index (κ3) is 3.04. The van der Waals surface area contributed by atoms with Gasteiger partial charge < -0.3 is 15.2 Å². The van der Waals surface area contributed by atoms with E-state index in [4.69, 9.17) is 16.3 Å². The Labute approximate surface area is 151 Å². The van der Waals surface area contributed by atoms with Crippen molar-refractivity contribution in [2.75, 3.05) is 5.88 Å². The molecule has 0 radical (unpaired) electrons. The zero-order chi connectivity index (χ0) is 18.9. The van der Waals surface area contributed by atoms with Crippen LogP contribution < -0.4 is 10.1 Å². The number of hydrogen-bond acceptors (Lipinski definition) is 3. The van der Waals surface area contributed by atoms with Gasteiger partial charge in [-0.3, -0.25) is 4.79 Å². The fourth-order valence-electron chi connectivity index (χ4n) is 2.70. The van der Waals surface area contributed by atoms with Crippen LogP contribution in [0.25, 0.3) is 5.57 Å². The fourth-order valence-corrected chi connectivity index (χ4v) is 2.77. The van der Waals surface area contributed by atoms with Crippen LogP contribution in [0.2, 0.25) is 0 Å². The molecule has 1 aliphatic rings. The number of nitrogens with one attached hydrogen (secondary N) is 1. The Balaban J connectivity index is 2.36. The summed E-state index contributed by atoms with van der Waals surface area (Å²) in [6.45, 7) is 0. The van der Waals surface area contributed by atoms with Crippen molar-refractivity contribution in [1.82, 2.24) is 5.32 Å². The molecule has 8 heteroatoms. The van der Waals surface area contributed by atoms with E-state index in [1.165, 1.54) is 12.1 Å². The summed E-state index contributed by atoms with van der Waals surface area (Å²) in [7, 11) is 0. The zero-order valence-corrected chi connectivity index (χ0v) is 13.9. The van der Waals surface area contributed by atoms with Gasteiger partial charge in [0.1, 0.15) is 17.3 Å². The lowest BCUT2D eigenvalue weighted by Gasteiger charge is -2.38. The molecule has 0 saturated carbocycles. The molecule has 0 spiro atoms. The van der Waals surface area contributed by atoms with E-state index in [1.54, 1.807) is 42.5 Å². The first-order valence-electron chi connectivity index (χ1n) is 7.51. The normalized spacial score (nSPS) is 19.6. The summed E-state index contributed by atoms with van der Waals surface area (Å²) >= 11 is 5.43. The smallest absolute Gasteiger partial charge is 0.448 e. The summed E-state index contributed by atoms with van der Waals surface area (Å²) in [6.07, 6.45) is -5.21. The van der Waals surface area contributed by atoms with Crippen molar-refractivity contribution >= 4 is 23.1 Å². The van der Waals surface area contributed by atoms with E-state index in [2.05, 4.69) is 5.32 Å². The van der Waals surface area contributed by atoms with E-state index >= 15 is 0 Å². The van der Waals surface area contributed by atoms with Crippen molar-refractivity contribution in [1.29, 1.82) is 0 Å². The molecule has 3 rings (SSSR count). The van der Waals surface area contributed by atoms with Crippen LogP contribution in [-0.4, -0.2) is 28.9 Å². The number of amides is 1. The molecule has 4 nitrogen and oxygen atoms in total. The molecule has 1 aliphatic heterocycles. The van der Waals surface area contributed by atoms with Gasteiger partial charge in [-0.15, -0.1) is 11.6 Å². The van der Waals surface area contributed by atoms with Crippen molar-refractivity contribution in [2.24, 2.45) is 0 Å². The van der Waals surface area contributed by atoms with Crippen molar-refractivity contribution in [3.8, 4) is 5.75 Å². The van der Waals surface area contributed by atoms with Crippen molar-refractivity contribution in [3.05, 3.63) is 71.4 Å². The molecule has 1 heterocycles. The highest BCUT2D eigenvalue weighted by molar-refractivity contribution is 6.27. The molecule has 0 fully saturated rings. The van der Waals surface area contributed by atoms with Crippen molar-refractivity contribution in [3.63, 3.8) is 0 Å². The Morgan fingerprint density at radius 3 is 2.35 bits per heavy atom. The van der Waals surface area contributed by atoms with E-state index in [9.17, 15) is 23.1 Å². The fraction of sp³-hybridized carbons (Fsp3) is 0.167. The average molecular weight is 384 g/mol. The molecule has 2 aromatic carbocycles. The summed E-state index contributed by atoms with van der Waals surface area (Å²) in [5.41, 5.74) is -0.139. The van der Waals surface area contributed by atoms with Crippen LogP contribution in [0.3, 0.4) is 0 Å². The Kier molecular flexibility index (Phi) is 4.68. The molecular formula is C18H13ClF3NO3. The minimum absolute atomic E-state index is 0.00532. The second-order valence-electron chi connectivity index (χ2n) is 5.54. The summed E-state index contributed by atoms with van der Waals surface area (Å²) in [6, 6.07) is 14.1. The summed E-state index contributed by atoms with van der Waals surface area (Å²) in [5, 5.41) is 12.5. The second kappa shape index (κ2) is 6.66. The number of ether oxygens (including phenoxy) is 1. The quantitative estimate of drug-likeness (QED) is 0.798. The highest BCUT2D eigenvalue weighted by Gasteiger charge is 2.62. The first kappa shape index (κ1) is 18.3. The van der Waals surface area contributed by atoms with Crippen LogP contribution in [-0.2, 0) is 4.79 Å². The van der Waals surface area contributed by atoms with Gasteiger partial charge in [-0.2, -0.15) is 13.2 Å². The Morgan fingerprint density at radius 1 is 1.12 bits per heavy atom.